The SMILES string of the molecule is O=C(O)c1ncc(Br)c(NC(=O)C(F)(F)F)n1. The van der Waals surface area contributed by atoms with Gasteiger partial charge in [0.2, 0.25) is 5.82 Å². The molecule has 2 N–H and O–H groups in total. The number of aromatic nitrogens is 2. The van der Waals surface area contributed by atoms with Gasteiger partial charge in [0.1, 0.15) is 0 Å². The number of halogens is 4. The Morgan fingerprint density at radius 1 is 1.41 bits per heavy atom. The lowest BCUT2D eigenvalue weighted by Crippen LogP contribution is -2.30. The highest BCUT2D eigenvalue weighted by molar-refractivity contribution is 9.10. The molecule has 1 rings (SSSR count). The first-order valence-electron chi connectivity index (χ1n) is 3.86. The Balaban J connectivity index is 3.02. The number of carboxylic acid groups (broad SMARTS) is 1. The lowest BCUT2D eigenvalue weighted by molar-refractivity contribution is -0.167. The fraction of sp³-hybridized carbons (Fsp3) is 0.143. The van der Waals surface area contributed by atoms with Gasteiger partial charge in [-0.25, -0.2) is 14.8 Å². The Hall–Kier alpha value is -1.71. The number of alkyl halides is 3. The van der Waals surface area contributed by atoms with Crippen LogP contribution in [0.4, 0.5) is 19.0 Å². The number of anilines is 1. The first kappa shape index (κ1) is 13.4. The Labute approximate surface area is 100.0 Å². The van der Waals surface area contributed by atoms with Gasteiger partial charge < -0.3 is 10.4 Å². The van der Waals surface area contributed by atoms with Gasteiger partial charge in [-0.2, -0.15) is 13.2 Å². The lowest BCUT2D eigenvalue weighted by atomic mass is 10.5. The van der Waals surface area contributed by atoms with E-state index in [4.69, 9.17) is 5.11 Å². The summed E-state index contributed by atoms with van der Waals surface area (Å²) < 4.78 is 35.7. The van der Waals surface area contributed by atoms with Crippen LogP contribution in [0.15, 0.2) is 10.7 Å². The molecule has 1 amide bonds. The molecule has 0 aliphatic carbocycles. The normalized spacial score (nSPS) is 11.1. The molecule has 0 saturated heterocycles. The van der Waals surface area contributed by atoms with Crippen LogP contribution in [0.3, 0.4) is 0 Å². The smallest absolute Gasteiger partial charge is 0.471 e. The predicted molar refractivity (Wildman–Crippen MR) is 51.4 cm³/mol. The maximum absolute atomic E-state index is 11.9. The van der Waals surface area contributed by atoms with Crippen molar-refractivity contribution >= 4 is 33.6 Å². The first-order valence-corrected chi connectivity index (χ1v) is 4.65. The molecule has 10 heteroatoms. The van der Waals surface area contributed by atoms with E-state index in [2.05, 4.69) is 25.9 Å². The molecule has 0 aliphatic heterocycles. The zero-order valence-corrected chi connectivity index (χ0v) is 9.33. The van der Waals surface area contributed by atoms with Crippen LogP contribution in [0.2, 0.25) is 0 Å². The summed E-state index contributed by atoms with van der Waals surface area (Å²) in [6, 6.07) is 0. The fourth-order valence-corrected chi connectivity index (χ4v) is 1.03. The highest BCUT2D eigenvalue weighted by atomic mass is 79.9. The molecule has 1 aromatic heterocycles. The van der Waals surface area contributed by atoms with Crippen LogP contribution >= 0.6 is 15.9 Å². The molecule has 1 heterocycles. The fourth-order valence-electron chi connectivity index (χ4n) is 0.736. The largest absolute Gasteiger partial charge is 0.475 e. The Kier molecular flexibility index (Phi) is 3.66. The van der Waals surface area contributed by atoms with Crippen LogP contribution in [-0.2, 0) is 4.79 Å². The van der Waals surface area contributed by atoms with Crippen LogP contribution in [0.5, 0.6) is 0 Å². The van der Waals surface area contributed by atoms with Gasteiger partial charge in [-0.1, -0.05) is 0 Å². The number of carboxylic acids is 1. The predicted octanol–water partition coefficient (Wildman–Crippen LogP) is 1.44. The number of nitrogens with one attached hydrogen (secondary N) is 1. The van der Waals surface area contributed by atoms with Crippen molar-refractivity contribution in [1.29, 1.82) is 0 Å². The van der Waals surface area contributed by atoms with Gasteiger partial charge in [0.05, 0.1) is 4.47 Å². The van der Waals surface area contributed by atoms with Crippen molar-refractivity contribution in [2.45, 2.75) is 6.18 Å². The molecule has 17 heavy (non-hydrogen) atoms. The second-order valence-corrected chi connectivity index (χ2v) is 3.50. The number of amides is 1. The lowest BCUT2D eigenvalue weighted by Gasteiger charge is -2.08. The first-order chi connectivity index (χ1) is 7.71. The van der Waals surface area contributed by atoms with Crippen molar-refractivity contribution in [1.82, 2.24) is 9.97 Å². The summed E-state index contributed by atoms with van der Waals surface area (Å²) in [7, 11) is 0. The summed E-state index contributed by atoms with van der Waals surface area (Å²) in [5.74, 6) is -5.08. The summed E-state index contributed by atoms with van der Waals surface area (Å²) in [6.45, 7) is 0. The number of nitrogens with zero attached hydrogens (tertiary/aromatic N) is 2. The zero-order valence-electron chi connectivity index (χ0n) is 7.75. The van der Waals surface area contributed by atoms with Crippen molar-refractivity contribution in [3.63, 3.8) is 0 Å². The summed E-state index contributed by atoms with van der Waals surface area (Å²) >= 11 is 2.77. The van der Waals surface area contributed by atoms with E-state index in [9.17, 15) is 22.8 Å². The van der Waals surface area contributed by atoms with Gasteiger partial charge in [0.25, 0.3) is 0 Å². The number of carbonyl (C=O) groups excluding carboxylic acids is 1. The van der Waals surface area contributed by atoms with E-state index in [1.807, 2.05) is 0 Å². The van der Waals surface area contributed by atoms with E-state index in [0.717, 1.165) is 6.20 Å². The van der Waals surface area contributed by atoms with Crippen LogP contribution in [0.25, 0.3) is 0 Å². The van der Waals surface area contributed by atoms with E-state index in [0.29, 0.717) is 0 Å². The third-order valence-corrected chi connectivity index (χ3v) is 2.01. The topological polar surface area (TPSA) is 92.2 Å². The zero-order chi connectivity index (χ0) is 13.2. The number of hydrogen-bond donors (Lipinski definition) is 2. The Bertz CT molecular complexity index is 477. The molecule has 0 saturated carbocycles. The van der Waals surface area contributed by atoms with Crippen molar-refractivity contribution in [3.05, 3.63) is 16.5 Å². The second-order valence-electron chi connectivity index (χ2n) is 2.65. The van der Waals surface area contributed by atoms with Gasteiger partial charge in [-0.05, 0) is 15.9 Å². The van der Waals surface area contributed by atoms with Crippen LogP contribution in [0.1, 0.15) is 10.6 Å². The number of aromatic carboxylic acids is 1. The third-order valence-electron chi connectivity index (χ3n) is 1.42. The minimum absolute atomic E-state index is 0.0694. The molecule has 0 aromatic carbocycles. The average Bonchev–Trinajstić information content (AvgIpc) is 2.19. The van der Waals surface area contributed by atoms with E-state index in [1.165, 1.54) is 5.32 Å². The van der Waals surface area contributed by atoms with Gasteiger partial charge in [-0.3, -0.25) is 4.79 Å². The molecule has 1 aromatic rings. The molecule has 0 atom stereocenters. The van der Waals surface area contributed by atoms with Crippen LogP contribution < -0.4 is 5.32 Å². The maximum atomic E-state index is 11.9. The highest BCUT2D eigenvalue weighted by Gasteiger charge is 2.39. The van der Waals surface area contributed by atoms with Crippen molar-refractivity contribution in [2.24, 2.45) is 0 Å². The molecular weight excluding hydrogens is 311 g/mol. The molecular formula is C7H3BrF3N3O3. The van der Waals surface area contributed by atoms with E-state index in [-0.39, 0.29) is 4.47 Å². The van der Waals surface area contributed by atoms with E-state index < -0.39 is 29.7 Å². The number of rotatable bonds is 2. The van der Waals surface area contributed by atoms with Crippen molar-refractivity contribution < 1.29 is 27.9 Å². The quantitative estimate of drug-likeness (QED) is 0.862. The summed E-state index contributed by atoms with van der Waals surface area (Å²) in [4.78, 5) is 27.6. The van der Waals surface area contributed by atoms with Crippen LogP contribution in [0, 0.1) is 0 Å². The van der Waals surface area contributed by atoms with Gasteiger partial charge in [0, 0.05) is 6.20 Å². The highest BCUT2D eigenvalue weighted by Crippen LogP contribution is 2.22. The Morgan fingerprint density at radius 3 is 2.47 bits per heavy atom. The van der Waals surface area contributed by atoms with Crippen molar-refractivity contribution in [2.75, 3.05) is 5.32 Å². The number of carbonyl (C=O) groups is 2. The molecule has 0 spiro atoms. The van der Waals surface area contributed by atoms with E-state index >= 15 is 0 Å². The van der Waals surface area contributed by atoms with E-state index in [1.54, 1.807) is 0 Å². The monoisotopic (exact) mass is 313 g/mol. The minimum atomic E-state index is -5.09. The summed E-state index contributed by atoms with van der Waals surface area (Å²) in [5.41, 5.74) is 0. The van der Waals surface area contributed by atoms with Gasteiger partial charge in [-0.15, -0.1) is 0 Å². The van der Waals surface area contributed by atoms with Crippen LogP contribution in [-0.4, -0.2) is 33.1 Å². The molecule has 0 fully saturated rings. The summed E-state index contributed by atoms with van der Waals surface area (Å²) in [6.07, 6.45) is -4.17. The molecule has 0 aliphatic rings. The molecule has 0 unspecified atom stereocenters. The summed E-state index contributed by atoms with van der Waals surface area (Å²) in [5, 5.41) is 9.94. The minimum Gasteiger partial charge on any atom is -0.475 e. The van der Waals surface area contributed by atoms with Gasteiger partial charge in [0.15, 0.2) is 5.82 Å². The van der Waals surface area contributed by atoms with Gasteiger partial charge >= 0.3 is 18.1 Å². The Morgan fingerprint density at radius 2 is 2.00 bits per heavy atom. The molecule has 0 bridgehead atoms. The average molecular weight is 314 g/mol. The second kappa shape index (κ2) is 4.65. The van der Waals surface area contributed by atoms with Crippen molar-refractivity contribution in [3.8, 4) is 0 Å². The third kappa shape index (κ3) is 3.37. The standard InChI is InChI=1S/C7H3BrF3N3O3/c8-2-1-12-4(5(15)16)13-3(2)14-6(17)7(9,10)11/h1H,(H,15,16)(H,12,13,14,17). The molecule has 92 valence electrons. The number of hydrogen-bond acceptors (Lipinski definition) is 4. The molecule has 0 radical (unpaired) electrons. The molecule has 6 nitrogen and oxygen atoms in total. The maximum Gasteiger partial charge on any atom is 0.471 e.